The molecular formula is C21H24N3O2S+. The van der Waals surface area contributed by atoms with Crippen molar-refractivity contribution in [3.8, 4) is 0 Å². The topological polar surface area (TPSA) is 54.7 Å². The summed E-state index contributed by atoms with van der Waals surface area (Å²) in [5.41, 5.74) is 3.24. The summed E-state index contributed by atoms with van der Waals surface area (Å²) in [4.78, 5) is 32.4. The van der Waals surface area contributed by atoms with E-state index in [2.05, 4.69) is 25.1 Å². The first kappa shape index (κ1) is 19.2. The van der Waals surface area contributed by atoms with E-state index >= 15 is 0 Å². The zero-order valence-corrected chi connectivity index (χ0v) is 16.9. The fourth-order valence-corrected chi connectivity index (χ4v) is 3.85. The Morgan fingerprint density at radius 1 is 1.07 bits per heavy atom. The molecule has 0 spiro atoms. The number of amides is 1. The molecule has 2 aromatic carbocycles. The van der Waals surface area contributed by atoms with E-state index in [1.165, 1.54) is 28.7 Å². The second-order valence-corrected chi connectivity index (χ2v) is 8.02. The van der Waals surface area contributed by atoms with Crippen molar-refractivity contribution in [2.75, 3.05) is 32.1 Å². The summed E-state index contributed by atoms with van der Waals surface area (Å²) < 4.78 is 1.08. The van der Waals surface area contributed by atoms with Crippen LogP contribution in [-0.2, 0) is 0 Å². The normalized spacial score (nSPS) is 11.1. The molecule has 1 heterocycles. The van der Waals surface area contributed by atoms with Crippen molar-refractivity contribution < 1.29 is 14.5 Å². The van der Waals surface area contributed by atoms with Crippen molar-refractivity contribution in [2.45, 2.75) is 13.8 Å². The number of aryl methyl sites for hydroxylation is 1. The number of carbonyl (C=O) groups excluding carboxylic acids is 2. The Balaban J connectivity index is 1.95. The van der Waals surface area contributed by atoms with E-state index < -0.39 is 0 Å². The van der Waals surface area contributed by atoms with Gasteiger partial charge in [0.25, 0.3) is 5.91 Å². The average molecular weight is 383 g/mol. The molecule has 0 bridgehead atoms. The number of rotatable bonds is 6. The average Bonchev–Trinajstić information content (AvgIpc) is 3.04. The van der Waals surface area contributed by atoms with Gasteiger partial charge in [-0.15, -0.1) is 0 Å². The lowest BCUT2D eigenvalue weighted by atomic mass is 10.1. The van der Waals surface area contributed by atoms with E-state index in [0.29, 0.717) is 22.8 Å². The minimum atomic E-state index is -0.0952. The Morgan fingerprint density at radius 2 is 1.74 bits per heavy atom. The van der Waals surface area contributed by atoms with Crippen molar-refractivity contribution in [3.63, 3.8) is 0 Å². The molecule has 0 saturated heterocycles. The number of hydrogen-bond donors (Lipinski definition) is 1. The van der Waals surface area contributed by atoms with E-state index in [9.17, 15) is 9.59 Å². The zero-order chi connectivity index (χ0) is 19.6. The van der Waals surface area contributed by atoms with Crippen LogP contribution in [-0.4, -0.2) is 43.9 Å². The van der Waals surface area contributed by atoms with Crippen molar-refractivity contribution in [1.29, 1.82) is 0 Å². The molecule has 3 aromatic rings. The SMILES string of the molecule is CC(=O)c1ccc(C(=O)N(CC[NH+](C)C)c2nc3ccc(C)cc3s2)cc1. The van der Waals surface area contributed by atoms with E-state index in [1.807, 2.05) is 19.1 Å². The van der Waals surface area contributed by atoms with Crippen LogP contribution in [0.5, 0.6) is 0 Å². The Labute approximate surface area is 163 Å². The number of likely N-dealkylation sites (N-methyl/N-ethyl adjacent to an activating group) is 1. The molecule has 1 N–H and O–H groups in total. The number of nitrogens with one attached hydrogen (secondary N) is 1. The van der Waals surface area contributed by atoms with Crippen LogP contribution in [0.15, 0.2) is 42.5 Å². The first-order valence-electron chi connectivity index (χ1n) is 8.94. The summed E-state index contributed by atoms with van der Waals surface area (Å²) in [5, 5.41) is 0.706. The van der Waals surface area contributed by atoms with Gasteiger partial charge in [0.2, 0.25) is 0 Å². The minimum absolute atomic E-state index is 0.0106. The number of carbonyl (C=O) groups is 2. The second kappa shape index (κ2) is 7.98. The van der Waals surface area contributed by atoms with Crippen LogP contribution in [0.1, 0.15) is 33.2 Å². The second-order valence-electron chi connectivity index (χ2n) is 7.02. The molecule has 27 heavy (non-hydrogen) atoms. The van der Waals surface area contributed by atoms with Gasteiger partial charge in [-0.25, -0.2) is 4.98 Å². The van der Waals surface area contributed by atoms with Crippen molar-refractivity contribution in [3.05, 3.63) is 59.2 Å². The van der Waals surface area contributed by atoms with Gasteiger partial charge in [-0.1, -0.05) is 29.5 Å². The highest BCUT2D eigenvalue weighted by atomic mass is 32.1. The summed E-state index contributed by atoms with van der Waals surface area (Å²) >= 11 is 1.53. The molecule has 0 fully saturated rings. The third-order valence-corrected chi connectivity index (χ3v) is 5.42. The number of ketones is 1. The van der Waals surface area contributed by atoms with E-state index in [-0.39, 0.29) is 11.7 Å². The summed E-state index contributed by atoms with van der Waals surface area (Å²) in [6.07, 6.45) is 0. The van der Waals surface area contributed by atoms with Crippen LogP contribution >= 0.6 is 11.3 Å². The maximum atomic E-state index is 13.2. The monoisotopic (exact) mass is 382 g/mol. The number of fused-ring (bicyclic) bond motifs is 1. The predicted molar refractivity (Wildman–Crippen MR) is 110 cm³/mol. The van der Waals surface area contributed by atoms with Gasteiger partial charge in [-0.05, 0) is 43.7 Å². The van der Waals surface area contributed by atoms with Gasteiger partial charge in [0.15, 0.2) is 10.9 Å². The number of nitrogens with zero attached hydrogens (tertiary/aromatic N) is 2. The maximum absolute atomic E-state index is 13.2. The fourth-order valence-electron chi connectivity index (χ4n) is 2.76. The lowest BCUT2D eigenvalue weighted by Gasteiger charge is -2.20. The van der Waals surface area contributed by atoms with Gasteiger partial charge in [-0.3, -0.25) is 14.5 Å². The van der Waals surface area contributed by atoms with Crippen LogP contribution < -0.4 is 9.80 Å². The molecular weight excluding hydrogens is 358 g/mol. The van der Waals surface area contributed by atoms with Crippen LogP contribution in [0.3, 0.4) is 0 Å². The van der Waals surface area contributed by atoms with E-state index in [1.54, 1.807) is 29.2 Å². The number of thiazole rings is 1. The fraction of sp³-hybridized carbons (Fsp3) is 0.286. The summed E-state index contributed by atoms with van der Waals surface area (Å²) in [6, 6.07) is 12.9. The lowest BCUT2D eigenvalue weighted by molar-refractivity contribution is -0.856. The molecule has 0 aliphatic carbocycles. The van der Waals surface area contributed by atoms with Gasteiger partial charge in [0.05, 0.1) is 37.4 Å². The summed E-state index contributed by atoms with van der Waals surface area (Å²) in [5.74, 6) is -0.106. The largest absolute Gasteiger partial charge is 0.338 e. The Hall–Kier alpha value is -2.57. The molecule has 0 saturated carbocycles. The lowest BCUT2D eigenvalue weighted by Crippen LogP contribution is -3.06. The highest BCUT2D eigenvalue weighted by Crippen LogP contribution is 2.30. The van der Waals surface area contributed by atoms with Gasteiger partial charge < -0.3 is 4.90 Å². The molecule has 0 aliphatic heterocycles. The molecule has 1 amide bonds. The number of hydrogen-bond acceptors (Lipinski definition) is 4. The van der Waals surface area contributed by atoms with Crippen LogP contribution in [0.4, 0.5) is 5.13 Å². The molecule has 0 aliphatic rings. The summed E-state index contributed by atoms with van der Waals surface area (Å²) in [7, 11) is 4.12. The number of aromatic nitrogens is 1. The zero-order valence-electron chi connectivity index (χ0n) is 16.1. The third kappa shape index (κ3) is 4.40. The Morgan fingerprint density at radius 3 is 2.37 bits per heavy atom. The predicted octanol–water partition coefficient (Wildman–Crippen LogP) is 2.60. The molecule has 0 radical (unpaired) electrons. The number of benzene rings is 2. The molecule has 6 heteroatoms. The van der Waals surface area contributed by atoms with Gasteiger partial charge in [0.1, 0.15) is 0 Å². The third-order valence-electron chi connectivity index (χ3n) is 4.38. The summed E-state index contributed by atoms with van der Waals surface area (Å²) in [6.45, 7) is 4.96. The number of anilines is 1. The molecule has 0 atom stereocenters. The maximum Gasteiger partial charge on any atom is 0.260 e. The Bertz CT molecular complexity index is 977. The Kier molecular flexibility index (Phi) is 5.68. The highest BCUT2D eigenvalue weighted by molar-refractivity contribution is 7.22. The number of quaternary nitrogens is 1. The first-order chi connectivity index (χ1) is 12.8. The molecule has 140 valence electrons. The van der Waals surface area contributed by atoms with Gasteiger partial charge in [0, 0.05) is 11.1 Å². The minimum Gasteiger partial charge on any atom is -0.338 e. The van der Waals surface area contributed by atoms with Crippen molar-refractivity contribution in [1.82, 2.24) is 4.98 Å². The first-order valence-corrected chi connectivity index (χ1v) is 9.76. The van der Waals surface area contributed by atoms with Crippen LogP contribution in [0.25, 0.3) is 10.2 Å². The van der Waals surface area contributed by atoms with Crippen molar-refractivity contribution >= 4 is 38.4 Å². The van der Waals surface area contributed by atoms with Crippen LogP contribution in [0, 0.1) is 6.92 Å². The van der Waals surface area contributed by atoms with Gasteiger partial charge >= 0.3 is 0 Å². The smallest absolute Gasteiger partial charge is 0.260 e. The quantitative estimate of drug-likeness (QED) is 0.667. The number of Topliss-reactive ketones (excluding diaryl/α,β-unsaturated/α-hetero) is 1. The van der Waals surface area contributed by atoms with Crippen LogP contribution in [0.2, 0.25) is 0 Å². The molecule has 1 aromatic heterocycles. The van der Waals surface area contributed by atoms with Gasteiger partial charge in [-0.2, -0.15) is 0 Å². The molecule has 0 unspecified atom stereocenters. The molecule has 5 nitrogen and oxygen atoms in total. The standard InChI is InChI=1S/C21H23N3O2S/c1-14-5-10-18-19(13-14)27-21(22-18)24(12-11-23(3)4)20(26)17-8-6-16(7-9-17)15(2)25/h5-10,13H,11-12H2,1-4H3/p+1. The van der Waals surface area contributed by atoms with Crippen molar-refractivity contribution in [2.24, 2.45) is 0 Å². The van der Waals surface area contributed by atoms with E-state index in [4.69, 9.17) is 0 Å². The van der Waals surface area contributed by atoms with E-state index in [0.717, 1.165) is 16.8 Å². The molecule has 3 rings (SSSR count). The highest BCUT2D eigenvalue weighted by Gasteiger charge is 2.22.